The summed E-state index contributed by atoms with van der Waals surface area (Å²) in [6, 6.07) is 26.7. The maximum absolute atomic E-state index is 13.6. The minimum absolute atomic E-state index is 0.125. The number of carbonyl (C=O) groups is 2. The first-order valence-electron chi connectivity index (χ1n) is 16.6. The highest BCUT2D eigenvalue weighted by Gasteiger charge is 2.21. The van der Waals surface area contributed by atoms with Crippen LogP contribution in [-0.4, -0.2) is 53.6 Å². The van der Waals surface area contributed by atoms with Crippen molar-refractivity contribution in [3.63, 3.8) is 0 Å². The highest BCUT2D eigenvalue weighted by molar-refractivity contribution is 6.12. The summed E-state index contributed by atoms with van der Waals surface area (Å²) < 4.78 is 18.8. The Hall–Kier alpha value is -6.20. The largest absolute Gasteiger partial charge is 0.493 e. The minimum atomic E-state index is -0.703. The molecule has 2 amide bonds. The summed E-state index contributed by atoms with van der Waals surface area (Å²) in [7, 11) is 2.91. The predicted octanol–water partition coefficient (Wildman–Crippen LogP) is 6.62. The molecule has 0 saturated heterocycles. The Morgan fingerprint density at radius 3 is 2.39 bits per heavy atom. The molecule has 6 aromatic rings. The second-order valence-electron chi connectivity index (χ2n) is 11.9. The molecular formula is C40H39N5O6. The summed E-state index contributed by atoms with van der Waals surface area (Å²) >= 11 is 0. The summed E-state index contributed by atoms with van der Waals surface area (Å²) in [6.45, 7) is 5.54. The minimum Gasteiger partial charge on any atom is -0.493 e. The topological polar surface area (TPSA) is 128 Å². The molecule has 0 bridgehead atoms. The van der Waals surface area contributed by atoms with Crippen LogP contribution in [0.15, 0.2) is 119 Å². The van der Waals surface area contributed by atoms with E-state index in [-0.39, 0.29) is 28.0 Å². The van der Waals surface area contributed by atoms with Crippen molar-refractivity contribution in [3.05, 3.63) is 148 Å². The normalized spacial score (nSPS) is 11.1. The lowest BCUT2D eigenvalue weighted by atomic mass is 10.1. The molecule has 0 saturated carbocycles. The molecular weight excluding hydrogens is 646 g/mol. The van der Waals surface area contributed by atoms with Gasteiger partial charge in [-0.05, 0) is 72.6 Å². The summed E-state index contributed by atoms with van der Waals surface area (Å²) in [6.07, 6.45) is 6.62. The molecule has 0 aliphatic rings. The van der Waals surface area contributed by atoms with Crippen molar-refractivity contribution in [3.8, 4) is 11.5 Å². The fourth-order valence-electron chi connectivity index (χ4n) is 5.82. The number of benzene rings is 3. The molecule has 2 N–H and O–H groups in total. The zero-order chi connectivity index (χ0) is 35.7. The Balaban J connectivity index is 1.12. The Morgan fingerprint density at radius 1 is 0.863 bits per heavy atom. The Bertz CT molecular complexity index is 2190. The fraction of sp³-hybridized carbons (Fsp3) is 0.200. The number of anilines is 2. The van der Waals surface area contributed by atoms with Gasteiger partial charge in [0.2, 0.25) is 0 Å². The van der Waals surface area contributed by atoms with E-state index in [1.165, 1.54) is 32.0 Å². The number of carbonyl (C=O) groups excluding carboxylic acids is 2. The Labute approximate surface area is 295 Å². The molecule has 0 aliphatic carbocycles. The Morgan fingerprint density at radius 2 is 1.65 bits per heavy atom. The van der Waals surface area contributed by atoms with Gasteiger partial charge in [0.05, 0.1) is 30.9 Å². The number of para-hydroxylation sites is 1. The van der Waals surface area contributed by atoms with E-state index in [1.54, 1.807) is 30.5 Å². The number of fused-ring (bicyclic) bond motifs is 1. The van der Waals surface area contributed by atoms with Gasteiger partial charge in [0.25, 0.3) is 11.8 Å². The maximum atomic E-state index is 13.6. The molecule has 0 aliphatic heterocycles. The molecule has 0 spiro atoms. The third kappa shape index (κ3) is 8.34. The number of nitrogens with one attached hydrogen (secondary N) is 2. The van der Waals surface area contributed by atoms with E-state index in [9.17, 15) is 14.4 Å². The average molecular weight is 686 g/mol. The van der Waals surface area contributed by atoms with Gasteiger partial charge in [0.15, 0.2) is 22.7 Å². The first-order valence-corrected chi connectivity index (χ1v) is 16.6. The second-order valence-corrected chi connectivity index (χ2v) is 11.9. The molecule has 3 heterocycles. The smallest absolute Gasteiger partial charge is 0.291 e. The quantitative estimate of drug-likeness (QED) is 0.131. The molecule has 0 fully saturated rings. The molecule has 11 heteroatoms. The number of methoxy groups -OCH3 is 2. The van der Waals surface area contributed by atoms with Gasteiger partial charge in [-0.15, -0.1) is 0 Å². The number of hydrogen-bond donors (Lipinski definition) is 2. The number of rotatable bonds is 14. The molecule has 0 atom stereocenters. The first kappa shape index (κ1) is 34.7. The van der Waals surface area contributed by atoms with Crippen LogP contribution in [0.2, 0.25) is 0 Å². The first-order chi connectivity index (χ1) is 24.8. The third-order valence-electron chi connectivity index (χ3n) is 8.64. The molecule has 6 rings (SSSR count). The van der Waals surface area contributed by atoms with Gasteiger partial charge < -0.3 is 29.1 Å². The Kier molecular flexibility index (Phi) is 10.9. The van der Waals surface area contributed by atoms with Gasteiger partial charge in [-0.1, -0.05) is 37.3 Å². The average Bonchev–Trinajstić information content (AvgIpc) is 3.59. The number of pyridine rings is 1. The standard InChI is InChI=1S/C40H39N5O6/c1-4-44(26-30-10-8-19-45(30)25-28-9-7-18-41-24-28)20-17-27-13-15-29(16-14-27)42-39(47)32-21-36(49-2)37(50-3)22-33(32)43-40(48)38-23-34(46)31-11-5-6-12-35(31)51-38/h5-16,18-19,21-24H,4,17,20,25-26H2,1-3H3,(H,42,47)(H,43,48). The zero-order valence-electron chi connectivity index (χ0n) is 28.7. The van der Waals surface area contributed by atoms with E-state index in [0.717, 1.165) is 49.8 Å². The van der Waals surface area contributed by atoms with Crippen LogP contribution in [0.4, 0.5) is 11.4 Å². The highest BCUT2D eigenvalue weighted by Crippen LogP contribution is 2.34. The molecule has 3 aromatic carbocycles. The number of hydrogen-bond acceptors (Lipinski definition) is 8. The van der Waals surface area contributed by atoms with E-state index in [1.807, 2.05) is 36.5 Å². The maximum Gasteiger partial charge on any atom is 0.291 e. The van der Waals surface area contributed by atoms with Crippen LogP contribution < -0.4 is 25.5 Å². The SMILES string of the molecule is CCN(CCc1ccc(NC(=O)c2cc(OC)c(OC)cc2NC(=O)c2cc(=O)c3ccccc3o2)cc1)Cc1cccn1Cc1cccnc1. The van der Waals surface area contributed by atoms with Crippen molar-refractivity contribution in [2.75, 3.05) is 37.9 Å². The summed E-state index contributed by atoms with van der Waals surface area (Å²) in [5.41, 5.74) is 4.31. The lowest BCUT2D eigenvalue weighted by Gasteiger charge is -2.22. The van der Waals surface area contributed by atoms with Gasteiger partial charge in [0, 0.05) is 61.7 Å². The van der Waals surface area contributed by atoms with Gasteiger partial charge in [-0.25, -0.2) is 0 Å². The van der Waals surface area contributed by atoms with Crippen LogP contribution in [-0.2, 0) is 19.5 Å². The van der Waals surface area contributed by atoms with Crippen molar-refractivity contribution >= 4 is 34.2 Å². The predicted molar refractivity (Wildman–Crippen MR) is 197 cm³/mol. The van der Waals surface area contributed by atoms with Gasteiger partial charge in [-0.3, -0.25) is 24.3 Å². The van der Waals surface area contributed by atoms with Crippen molar-refractivity contribution in [1.82, 2.24) is 14.5 Å². The molecule has 0 radical (unpaired) electrons. The number of amides is 2. The second kappa shape index (κ2) is 16.0. The summed E-state index contributed by atoms with van der Waals surface area (Å²) in [5.74, 6) is -0.776. The van der Waals surface area contributed by atoms with Gasteiger partial charge in [-0.2, -0.15) is 0 Å². The summed E-state index contributed by atoms with van der Waals surface area (Å²) in [4.78, 5) is 46.2. The molecule has 0 unspecified atom stereocenters. The van der Waals surface area contributed by atoms with Crippen LogP contribution >= 0.6 is 0 Å². The third-order valence-corrected chi connectivity index (χ3v) is 8.64. The van der Waals surface area contributed by atoms with Crippen LogP contribution in [0.5, 0.6) is 11.5 Å². The molecule has 51 heavy (non-hydrogen) atoms. The van der Waals surface area contributed by atoms with Crippen molar-refractivity contribution < 1.29 is 23.5 Å². The van der Waals surface area contributed by atoms with Crippen LogP contribution in [0.1, 0.15) is 44.7 Å². The molecule has 260 valence electrons. The van der Waals surface area contributed by atoms with Gasteiger partial charge in [0.1, 0.15) is 5.58 Å². The van der Waals surface area contributed by atoms with Crippen molar-refractivity contribution in [2.45, 2.75) is 26.4 Å². The fourth-order valence-corrected chi connectivity index (χ4v) is 5.82. The zero-order valence-corrected chi connectivity index (χ0v) is 28.7. The number of likely N-dealkylation sites (N-methyl/N-ethyl adjacent to an activating group) is 1. The lowest BCUT2D eigenvalue weighted by Crippen LogP contribution is -2.26. The van der Waals surface area contributed by atoms with E-state index in [2.05, 4.69) is 56.4 Å². The molecule has 11 nitrogen and oxygen atoms in total. The van der Waals surface area contributed by atoms with E-state index < -0.39 is 11.8 Å². The van der Waals surface area contributed by atoms with Crippen LogP contribution in [0.25, 0.3) is 11.0 Å². The van der Waals surface area contributed by atoms with E-state index in [0.29, 0.717) is 22.6 Å². The van der Waals surface area contributed by atoms with Gasteiger partial charge >= 0.3 is 0 Å². The molecule has 3 aromatic heterocycles. The van der Waals surface area contributed by atoms with E-state index >= 15 is 0 Å². The lowest BCUT2D eigenvalue weighted by molar-refractivity contribution is 0.0997. The number of ether oxygens (including phenoxy) is 2. The number of aromatic nitrogens is 2. The van der Waals surface area contributed by atoms with Crippen molar-refractivity contribution in [1.29, 1.82) is 0 Å². The van der Waals surface area contributed by atoms with Crippen LogP contribution in [0, 0.1) is 0 Å². The van der Waals surface area contributed by atoms with Crippen molar-refractivity contribution in [2.24, 2.45) is 0 Å². The summed E-state index contributed by atoms with van der Waals surface area (Å²) in [5, 5.41) is 5.98. The highest BCUT2D eigenvalue weighted by atomic mass is 16.5. The number of nitrogens with zero attached hydrogens (tertiary/aromatic N) is 3. The monoisotopic (exact) mass is 685 g/mol. The van der Waals surface area contributed by atoms with E-state index in [4.69, 9.17) is 13.9 Å². The van der Waals surface area contributed by atoms with Crippen LogP contribution in [0.3, 0.4) is 0 Å².